The molecule has 2 rings (SSSR count). The largest absolute Gasteiger partial charge is 0.450 e. The molecule has 3 N–H and O–H groups in total. The van der Waals surface area contributed by atoms with Crippen molar-refractivity contribution in [2.75, 3.05) is 20.2 Å². The lowest BCUT2D eigenvalue weighted by Crippen LogP contribution is -2.48. The van der Waals surface area contributed by atoms with E-state index < -0.39 is 0 Å². The molecule has 0 aromatic carbocycles. The summed E-state index contributed by atoms with van der Waals surface area (Å²) in [6.45, 7) is 5.76. The van der Waals surface area contributed by atoms with Crippen LogP contribution in [0.3, 0.4) is 0 Å². The minimum Gasteiger partial charge on any atom is -0.450 e. The van der Waals surface area contributed by atoms with Crippen molar-refractivity contribution < 1.29 is 9.53 Å². The highest BCUT2D eigenvalue weighted by molar-refractivity contribution is 7.11. The number of nitrogens with one attached hydrogen (secondary N) is 3. The number of guanidine groups is 1. The van der Waals surface area contributed by atoms with E-state index in [9.17, 15) is 4.79 Å². The molecule has 1 saturated carbocycles. The molecular formula is C17H28N4O2S. The zero-order valence-electron chi connectivity index (χ0n) is 14.7. The lowest BCUT2D eigenvalue weighted by atomic mass is 10.2. The van der Waals surface area contributed by atoms with Crippen molar-refractivity contribution in [1.29, 1.82) is 0 Å². The molecule has 1 aromatic heterocycles. The van der Waals surface area contributed by atoms with E-state index in [0.29, 0.717) is 19.1 Å². The van der Waals surface area contributed by atoms with Crippen LogP contribution in [0.5, 0.6) is 0 Å². The normalized spacial score (nSPS) is 15.7. The van der Waals surface area contributed by atoms with Crippen LogP contribution in [0.4, 0.5) is 4.79 Å². The van der Waals surface area contributed by atoms with Gasteiger partial charge in [0.05, 0.1) is 19.2 Å². The fourth-order valence-electron chi connectivity index (χ4n) is 2.46. The molecule has 1 aliphatic carbocycles. The number of thiophene rings is 1. The van der Waals surface area contributed by atoms with E-state index in [2.05, 4.69) is 40.0 Å². The summed E-state index contributed by atoms with van der Waals surface area (Å²) >= 11 is 1.82. The van der Waals surface area contributed by atoms with Crippen molar-refractivity contribution in [2.45, 2.75) is 45.7 Å². The van der Waals surface area contributed by atoms with Gasteiger partial charge in [0, 0.05) is 23.3 Å². The summed E-state index contributed by atoms with van der Waals surface area (Å²) in [5.41, 5.74) is 0. The molecule has 0 spiro atoms. The van der Waals surface area contributed by atoms with Crippen molar-refractivity contribution in [2.24, 2.45) is 10.9 Å². The van der Waals surface area contributed by atoms with Crippen LogP contribution in [-0.2, 0) is 17.7 Å². The molecule has 1 fully saturated rings. The van der Waals surface area contributed by atoms with Crippen molar-refractivity contribution in [1.82, 2.24) is 16.0 Å². The van der Waals surface area contributed by atoms with Gasteiger partial charge in [0.2, 0.25) is 0 Å². The number of aliphatic imine (C=N–C) groups is 1. The van der Waals surface area contributed by atoms with E-state index in [1.807, 2.05) is 18.3 Å². The van der Waals surface area contributed by atoms with Gasteiger partial charge in [-0.1, -0.05) is 6.92 Å². The Kier molecular flexibility index (Phi) is 7.36. The quantitative estimate of drug-likeness (QED) is 0.496. The summed E-state index contributed by atoms with van der Waals surface area (Å²) in [7, 11) is 1.76. The molecule has 1 atom stereocenters. The van der Waals surface area contributed by atoms with E-state index >= 15 is 0 Å². The van der Waals surface area contributed by atoms with Crippen LogP contribution < -0.4 is 16.0 Å². The number of rotatable bonds is 8. The molecule has 1 aliphatic rings. The minimum atomic E-state index is -0.343. The molecule has 0 aliphatic heterocycles. The SMILES string of the molecule is CCOC(=O)NC(CNC(=NC)NCc1ccc(CC)s1)C1CC1. The lowest BCUT2D eigenvalue weighted by Gasteiger charge is -2.20. The Balaban J connectivity index is 1.77. The van der Waals surface area contributed by atoms with Crippen LogP contribution >= 0.6 is 11.3 Å². The number of alkyl carbamates (subject to hydrolysis) is 1. The number of amides is 1. The Bertz CT molecular complexity index is 555. The van der Waals surface area contributed by atoms with Crippen LogP contribution in [0.2, 0.25) is 0 Å². The lowest BCUT2D eigenvalue weighted by molar-refractivity contribution is 0.146. The van der Waals surface area contributed by atoms with E-state index in [4.69, 9.17) is 4.74 Å². The highest BCUT2D eigenvalue weighted by Gasteiger charge is 2.32. The van der Waals surface area contributed by atoms with Crippen molar-refractivity contribution in [3.8, 4) is 0 Å². The number of hydrogen-bond donors (Lipinski definition) is 3. The van der Waals surface area contributed by atoms with Gasteiger partial charge in [0.15, 0.2) is 5.96 Å². The molecule has 0 bridgehead atoms. The zero-order valence-corrected chi connectivity index (χ0v) is 15.5. The van der Waals surface area contributed by atoms with Crippen molar-refractivity contribution in [3.63, 3.8) is 0 Å². The Morgan fingerprint density at radius 3 is 2.67 bits per heavy atom. The molecule has 1 heterocycles. The van der Waals surface area contributed by atoms with Crippen LogP contribution in [0.15, 0.2) is 17.1 Å². The molecule has 7 heteroatoms. The average Bonchev–Trinajstić information content (AvgIpc) is 3.32. The van der Waals surface area contributed by atoms with Crippen LogP contribution in [-0.4, -0.2) is 38.3 Å². The third kappa shape index (κ3) is 6.03. The van der Waals surface area contributed by atoms with Crippen molar-refractivity contribution >= 4 is 23.4 Å². The highest BCUT2D eigenvalue weighted by atomic mass is 32.1. The van der Waals surface area contributed by atoms with Gasteiger partial charge in [-0.15, -0.1) is 11.3 Å². The average molecular weight is 353 g/mol. The number of aryl methyl sites for hydroxylation is 1. The number of nitrogens with zero attached hydrogens (tertiary/aromatic N) is 1. The Morgan fingerprint density at radius 2 is 2.08 bits per heavy atom. The minimum absolute atomic E-state index is 0.0797. The summed E-state index contributed by atoms with van der Waals surface area (Å²) in [6.07, 6.45) is 3.03. The second-order valence-electron chi connectivity index (χ2n) is 5.84. The molecule has 1 aromatic rings. The third-order valence-electron chi connectivity index (χ3n) is 3.98. The van der Waals surface area contributed by atoms with Gasteiger partial charge in [-0.05, 0) is 44.2 Å². The molecule has 6 nitrogen and oxygen atoms in total. The maximum absolute atomic E-state index is 11.6. The Morgan fingerprint density at radius 1 is 1.33 bits per heavy atom. The molecule has 0 radical (unpaired) electrons. The van der Waals surface area contributed by atoms with E-state index in [0.717, 1.165) is 31.8 Å². The monoisotopic (exact) mass is 352 g/mol. The first kappa shape index (κ1) is 18.6. The van der Waals surface area contributed by atoms with Gasteiger partial charge in [-0.3, -0.25) is 4.99 Å². The second-order valence-corrected chi connectivity index (χ2v) is 7.09. The van der Waals surface area contributed by atoms with E-state index in [-0.39, 0.29) is 12.1 Å². The van der Waals surface area contributed by atoms with E-state index in [1.165, 1.54) is 9.75 Å². The maximum atomic E-state index is 11.6. The smallest absolute Gasteiger partial charge is 0.407 e. The number of ether oxygens (including phenoxy) is 1. The van der Waals surface area contributed by atoms with Gasteiger partial charge >= 0.3 is 6.09 Å². The third-order valence-corrected chi connectivity index (χ3v) is 5.21. The standard InChI is InChI=1S/C17H28N4O2S/c1-4-13-8-9-14(24-13)10-19-16(18-3)20-11-15(12-6-7-12)21-17(22)23-5-2/h8-9,12,15H,4-7,10-11H2,1-3H3,(H,21,22)(H2,18,19,20). The zero-order chi connectivity index (χ0) is 17.4. The van der Waals surface area contributed by atoms with Gasteiger partial charge in [-0.2, -0.15) is 0 Å². The van der Waals surface area contributed by atoms with Crippen LogP contribution in [0, 0.1) is 5.92 Å². The first-order valence-corrected chi connectivity index (χ1v) is 9.43. The topological polar surface area (TPSA) is 74.8 Å². The van der Waals surface area contributed by atoms with Gasteiger partial charge in [0.25, 0.3) is 0 Å². The van der Waals surface area contributed by atoms with Gasteiger partial charge < -0.3 is 20.7 Å². The Hall–Kier alpha value is -1.76. The molecule has 24 heavy (non-hydrogen) atoms. The van der Waals surface area contributed by atoms with E-state index in [1.54, 1.807) is 7.05 Å². The summed E-state index contributed by atoms with van der Waals surface area (Å²) in [6, 6.07) is 4.40. The predicted octanol–water partition coefficient (Wildman–Crippen LogP) is 2.50. The Labute approximate surface area is 148 Å². The van der Waals surface area contributed by atoms with Crippen molar-refractivity contribution in [3.05, 3.63) is 21.9 Å². The summed E-state index contributed by atoms with van der Waals surface area (Å²) in [5.74, 6) is 1.28. The van der Waals surface area contributed by atoms with Crippen LogP contribution in [0.25, 0.3) is 0 Å². The molecule has 1 unspecified atom stereocenters. The second kappa shape index (κ2) is 9.52. The number of hydrogen-bond acceptors (Lipinski definition) is 4. The summed E-state index contributed by atoms with van der Waals surface area (Å²) in [5, 5.41) is 9.56. The predicted molar refractivity (Wildman–Crippen MR) is 98.6 cm³/mol. The molecule has 134 valence electrons. The first-order chi connectivity index (χ1) is 11.7. The molecule has 1 amide bonds. The van der Waals surface area contributed by atoms with Gasteiger partial charge in [0.1, 0.15) is 0 Å². The highest BCUT2D eigenvalue weighted by Crippen LogP contribution is 2.32. The van der Waals surface area contributed by atoms with Gasteiger partial charge in [-0.25, -0.2) is 4.79 Å². The molecule has 0 saturated heterocycles. The summed E-state index contributed by atoms with van der Waals surface area (Å²) < 4.78 is 4.98. The fourth-order valence-corrected chi connectivity index (χ4v) is 3.36. The number of carbonyl (C=O) groups is 1. The maximum Gasteiger partial charge on any atom is 0.407 e. The fraction of sp³-hybridized carbons (Fsp3) is 0.647. The summed E-state index contributed by atoms with van der Waals surface area (Å²) in [4.78, 5) is 18.6. The molecular weight excluding hydrogens is 324 g/mol. The number of carbonyl (C=O) groups excluding carboxylic acids is 1. The first-order valence-electron chi connectivity index (χ1n) is 8.61. The van der Waals surface area contributed by atoms with Crippen LogP contribution in [0.1, 0.15) is 36.4 Å².